The maximum absolute atomic E-state index is 12.0. The minimum atomic E-state index is 0.130. The van der Waals surface area contributed by atoms with Crippen LogP contribution in [0.25, 0.3) is 0 Å². The Labute approximate surface area is 106 Å². The lowest BCUT2D eigenvalue weighted by Crippen LogP contribution is -2.49. The van der Waals surface area contributed by atoms with E-state index < -0.39 is 0 Å². The minimum Gasteiger partial charge on any atom is -0.370 e. The number of ether oxygens (including phenoxy) is 1. The van der Waals surface area contributed by atoms with Gasteiger partial charge in [-0.2, -0.15) is 0 Å². The molecule has 0 bridgehead atoms. The van der Waals surface area contributed by atoms with Crippen LogP contribution in [-0.2, 0) is 16.1 Å². The Morgan fingerprint density at radius 1 is 1.61 bits per heavy atom. The van der Waals surface area contributed by atoms with Crippen LogP contribution in [-0.4, -0.2) is 45.0 Å². The molecule has 0 aliphatic carbocycles. The molecule has 2 aliphatic rings. The molecule has 18 heavy (non-hydrogen) atoms. The summed E-state index contributed by atoms with van der Waals surface area (Å²) in [5.74, 6) is 0.239. The third-order valence-electron chi connectivity index (χ3n) is 3.75. The first kappa shape index (κ1) is 11.6. The lowest BCUT2D eigenvalue weighted by Gasteiger charge is -2.41. The maximum atomic E-state index is 12.0. The summed E-state index contributed by atoms with van der Waals surface area (Å²) in [6, 6.07) is 0.130. The van der Waals surface area contributed by atoms with Crippen LogP contribution in [0.15, 0.2) is 6.20 Å². The van der Waals surface area contributed by atoms with Gasteiger partial charge in [-0.05, 0) is 12.8 Å². The van der Waals surface area contributed by atoms with Crippen LogP contribution in [0.3, 0.4) is 0 Å². The zero-order chi connectivity index (χ0) is 12.5. The summed E-state index contributed by atoms with van der Waals surface area (Å²) in [7, 11) is 0. The summed E-state index contributed by atoms with van der Waals surface area (Å²) in [4.78, 5) is 13.9. The number of rotatable bonds is 2. The number of carbonyl (C=O) groups excluding carboxylic acids is 1. The fourth-order valence-electron chi connectivity index (χ4n) is 2.78. The molecule has 0 N–H and O–H groups in total. The van der Waals surface area contributed by atoms with Crippen LogP contribution in [0.4, 0.5) is 0 Å². The summed E-state index contributed by atoms with van der Waals surface area (Å²) in [5.41, 5.74) is 1.00. The average molecular weight is 250 g/mol. The Bertz CT molecular complexity index is 445. The Morgan fingerprint density at radius 3 is 3.33 bits per heavy atom. The van der Waals surface area contributed by atoms with Gasteiger partial charge in [0.05, 0.1) is 30.6 Å². The molecule has 0 unspecified atom stereocenters. The van der Waals surface area contributed by atoms with E-state index in [2.05, 4.69) is 10.3 Å². The molecule has 1 saturated heterocycles. The van der Waals surface area contributed by atoms with Crippen LogP contribution in [0.2, 0.25) is 0 Å². The highest BCUT2D eigenvalue weighted by atomic mass is 16.5. The summed E-state index contributed by atoms with van der Waals surface area (Å²) in [6.07, 6.45) is 4.32. The van der Waals surface area contributed by atoms with E-state index in [0.29, 0.717) is 19.6 Å². The zero-order valence-corrected chi connectivity index (χ0v) is 10.6. The van der Waals surface area contributed by atoms with Crippen LogP contribution in [0.1, 0.15) is 37.9 Å². The van der Waals surface area contributed by atoms with E-state index in [0.717, 1.165) is 25.1 Å². The number of aromatic nitrogens is 3. The topological polar surface area (TPSA) is 60.3 Å². The first-order valence-corrected chi connectivity index (χ1v) is 6.58. The molecule has 1 aromatic heterocycles. The van der Waals surface area contributed by atoms with Gasteiger partial charge in [0.1, 0.15) is 0 Å². The SMILES string of the molecule is CCCC(=O)N1CC[C@@H]2OCc3cnnn3[C@@H]2C1. The van der Waals surface area contributed by atoms with Crippen molar-refractivity contribution in [3.8, 4) is 0 Å². The van der Waals surface area contributed by atoms with Gasteiger partial charge in [-0.25, -0.2) is 4.68 Å². The standard InChI is InChI=1S/C12H18N4O2/c1-2-3-12(17)15-5-4-11-10(7-15)16-9(8-18-11)6-13-14-16/h6,10-11H,2-5,7-8H2,1H3/t10-,11+/m1/s1. The van der Waals surface area contributed by atoms with Gasteiger partial charge in [0, 0.05) is 19.5 Å². The molecule has 0 spiro atoms. The van der Waals surface area contributed by atoms with Crippen molar-refractivity contribution in [2.24, 2.45) is 0 Å². The van der Waals surface area contributed by atoms with Gasteiger partial charge in [0.25, 0.3) is 0 Å². The van der Waals surface area contributed by atoms with Crippen LogP contribution >= 0.6 is 0 Å². The molecule has 3 rings (SSSR count). The first-order chi connectivity index (χ1) is 8.79. The van der Waals surface area contributed by atoms with Crippen LogP contribution < -0.4 is 0 Å². The van der Waals surface area contributed by atoms with Gasteiger partial charge in [-0.3, -0.25) is 4.79 Å². The van der Waals surface area contributed by atoms with Crippen molar-refractivity contribution in [1.29, 1.82) is 0 Å². The van der Waals surface area contributed by atoms with Crippen molar-refractivity contribution in [1.82, 2.24) is 19.9 Å². The molecule has 6 heteroatoms. The van der Waals surface area contributed by atoms with Gasteiger partial charge in [-0.15, -0.1) is 5.10 Å². The number of fused-ring (bicyclic) bond motifs is 3. The maximum Gasteiger partial charge on any atom is 0.222 e. The highest BCUT2D eigenvalue weighted by molar-refractivity contribution is 5.76. The van der Waals surface area contributed by atoms with Gasteiger partial charge >= 0.3 is 0 Å². The van der Waals surface area contributed by atoms with Crippen LogP contribution in [0, 0.1) is 0 Å². The molecule has 3 heterocycles. The third kappa shape index (κ3) is 1.90. The molecule has 0 aromatic carbocycles. The van der Waals surface area contributed by atoms with E-state index in [9.17, 15) is 4.79 Å². The Balaban J connectivity index is 1.77. The summed E-state index contributed by atoms with van der Waals surface area (Å²) >= 11 is 0. The fourth-order valence-corrected chi connectivity index (χ4v) is 2.78. The number of likely N-dealkylation sites (tertiary alicyclic amines) is 1. The van der Waals surface area contributed by atoms with Gasteiger partial charge in [0.2, 0.25) is 5.91 Å². The first-order valence-electron chi connectivity index (χ1n) is 6.58. The van der Waals surface area contributed by atoms with Gasteiger partial charge in [0.15, 0.2) is 0 Å². The molecule has 0 saturated carbocycles. The van der Waals surface area contributed by atoms with E-state index in [4.69, 9.17) is 4.74 Å². The van der Waals surface area contributed by atoms with Gasteiger partial charge < -0.3 is 9.64 Å². The third-order valence-corrected chi connectivity index (χ3v) is 3.75. The predicted octanol–water partition coefficient (Wildman–Crippen LogP) is 0.750. The second-order valence-corrected chi connectivity index (χ2v) is 4.97. The largest absolute Gasteiger partial charge is 0.370 e. The van der Waals surface area contributed by atoms with Crippen molar-refractivity contribution in [3.63, 3.8) is 0 Å². The van der Waals surface area contributed by atoms with Crippen molar-refractivity contribution in [3.05, 3.63) is 11.9 Å². The molecular formula is C12H18N4O2. The lowest BCUT2D eigenvalue weighted by molar-refractivity contribution is -0.138. The molecule has 1 fully saturated rings. The molecule has 6 nitrogen and oxygen atoms in total. The number of hydrogen-bond acceptors (Lipinski definition) is 4. The Morgan fingerprint density at radius 2 is 2.50 bits per heavy atom. The number of carbonyl (C=O) groups is 1. The second-order valence-electron chi connectivity index (χ2n) is 4.97. The summed E-state index contributed by atoms with van der Waals surface area (Å²) in [6.45, 7) is 4.10. The number of piperidine rings is 1. The average Bonchev–Trinajstić information content (AvgIpc) is 2.87. The van der Waals surface area contributed by atoms with Crippen LogP contribution in [0.5, 0.6) is 0 Å². The van der Waals surface area contributed by atoms with Gasteiger partial charge in [-0.1, -0.05) is 12.1 Å². The van der Waals surface area contributed by atoms with E-state index in [-0.39, 0.29) is 18.1 Å². The van der Waals surface area contributed by atoms with Crippen molar-refractivity contribution in [2.75, 3.05) is 13.1 Å². The fraction of sp³-hybridized carbons (Fsp3) is 0.750. The smallest absolute Gasteiger partial charge is 0.222 e. The van der Waals surface area contributed by atoms with E-state index in [1.54, 1.807) is 6.20 Å². The molecular weight excluding hydrogens is 232 g/mol. The monoisotopic (exact) mass is 250 g/mol. The van der Waals surface area contributed by atoms with E-state index in [1.807, 2.05) is 16.5 Å². The number of hydrogen-bond donors (Lipinski definition) is 0. The Kier molecular flexibility index (Phi) is 3.03. The zero-order valence-electron chi connectivity index (χ0n) is 10.6. The normalized spacial score (nSPS) is 26.6. The quantitative estimate of drug-likeness (QED) is 0.777. The highest BCUT2D eigenvalue weighted by Crippen LogP contribution is 2.30. The molecule has 0 radical (unpaired) electrons. The number of amides is 1. The molecule has 2 aliphatic heterocycles. The summed E-state index contributed by atoms with van der Waals surface area (Å²) < 4.78 is 7.75. The van der Waals surface area contributed by atoms with Crippen molar-refractivity contribution >= 4 is 5.91 Å². The van der Waals surface area contributed by atoms with E-state index in [1.165, 1.54) is 0 Å². The Hall–Kier alpha value is -1.43. The highest BCUT2D eigenvalue weighted by Gasteiger charge is 2.37. The summed E-state index contributed by atoms with van der Waals surface area (Å²) in [5, 5.41) is 8.06. The molecule has 2 atom stereocenters. The predicted molar refractivity (Wildman–Crippen MR) is 63.7 cm³/mol. The molecule has 98 valence electrons. The van der Waals surface area contributed by atoms with Crippen molar-refractivity contribution in [2.45, 2.75) is 44.9 Å². The van der Waals surface area contributed by atoms with Crippen molar-refractivity contribution < 1.29 is 9.53 Å². The number of nitrogens with zero attached hydrogens (tertiary/aromatic N) is 4. The second kappa shape index (κ2) is 4.68. The lowest BCUT2D eigenvalue weighted by atomic mass is 10.00. The van der Waals surface area contributed by atoms with E-state index >= 15 is 0 Å². The molecule has 1 amide bonds. The minimum absolute atomic E-state index is 0.130. The molecule has 1 aromatic rings.